The van der Waals surface area contributed by atoms with Crippen molar-refractivity contribution in [1.82, 2.24) is 10.6 Å². The number of ether oxygens (including phenoxy) is 2. The number of carboxylic acids is 1. The Balaban J connectivity index is 2.17. The smallest absolute Gasteiger partial charge is 0.329 e. The van der Waals surface area contributed by atoms with E-state index in [-0.39, 0.29) is 31.1 Å². The maximum absolute atomic E-state index is 11.8. The van der Waals surface area contributed by atoms with Gasteiger partial charge in [-0.2, -0.15) is 0 Å². The zero-order valence-electron chi connectivity index (χ0n) is 10.5. The molecule has 2 atom stereocenters. The molecule has 18 heavy (non-hydrogen) atoms. The number of amides is 1. The maximum Gasteiger partial charge on any atom is 0.329 e. The van der Waals surface area contributed by atoms with Crippen LogP contribution in [0.1, 0.15) is 6.92 Å². The van der Waals surface area contributed by atoms with E-state index in [1.165, 1.54) is 0 Å². The Bertz CT molecular complexity index is 285. The number of carboxylic acid groups (broad SMARTS) is 1. The van der Waals surface area contributed by atoms with Crippen LogP contribution >= 0.6 is 0 Å². The van der Waals surface area contributed by atoms with E-state index in [0.717, 1.165) is 6.54 Å². The molecule has 1 aliphatic rings. The maximum atomic E-state index is 11.8. The number of nitrogens with one attached hydrogen (secondary N) is 2. The Labute approximate surface area is 106 Å². The molecule has 0 aromatic heterocycles. The zero-order valence-corrected chi connectivity index (χ0v) is 10.5. The van der Waals surface area contributed by atoms with Crippen molar-refractivity contribution in [2.24, 2.45) is 5.92 Å². The molecule has 0 radical (unpaired) electrons. The van der Waals surface area contributed by atoms with Crippen LogP contribution in [0.4, 0.5) is 0 Å². The molecule has 1 rings (SSSR count). The molecule has 1 fully saturated rings. The lowest BCUT2D eigenvalue weighted by molar-refractivity contribution is -0.142. The van der Waals surface area contributed by atoms with Crippen molar-refractivity contribution >= 4 is 11.9 Å². The van der Waals surface area contributed by atoms with E-state index in [4.69, 9.17) is 14.6 Å². The highest BCUT2D eigenvalue weighted by molar-refractivity contribution is 5.79. The lowest BCUT2D eigenvalue weighted by atomic mass is 10.0. The first-order chi connectivity index (χ1) is 8.65. The minimum atomic E-state index is -1.02. The number of carbonyl (C=O) groups is 2. The van der Waals surface area contributed by atoms with Crippen molar-refractivity contribution in [2.75, 3.05) is 39.5 Å². The van der Waals surface area contributed by atoms with Gasteiger partial charge in [-0.3, -0.25) is 4.79 Å². The summed E-state index contributed by atoms with van der Waals surface area (Å²) >= 11 is 0. The molecule has 0 saturated carbocycles. The minimum absolute atomic E-state index is 0.0509. The average molecular weight is 260 g/mol. The van der Waals surface area contributed by atoms with Crippen LogP contribution in [0, 0.1) is 5.92 Å². The van der Waals surface area contributed by atoms with E-state index in [1.807, 2.05) is 6.92 Å². The normalized spacial score (nSPS) is 22.9. The number of hydrogen-bond donors (Lipinski definition) is 3. The van der Waals surface area contributed by atoms with Crippen LogP contribution in [0.25, 0.3) is 0 Å². The van der Waals surface area contributed by atoms with Crippen LogP contribution in [-0.2, 0) is 19.1 Å². The lowest BCUT2D eigenvalue weighted by Gasteiger charge is -2.17. The monoisotopic (exact) mass is 260 g/mol. The molecule has 3 N–H and O–H groups in total. The van der Waals surface area contributed by atoms with Gasteiger partial charge in [0.05, 0.1) is 25.7 Å². The summed E-state index contributed by atoms with van der Waals surface area (Å²) in [6, 6.07) is 0.0509. The van der Waals surface area contributed by atoms with Crippen molar-refractivity contribution in [3.05, 3.63) is 0 Å². The molecule has 1 saturated heterocycles. The Morgan fingerprint density at radius 3 is 2.89 bits per heavy atom. The van der Waals surface area contributed by atoms with Crippen LogP contribution in [0.15, 0.2) is 0 Å². The third kappa shape index (κ3) is 4.99. The molecule has 7 heteroatoms. The predicted molar refractivity (Wildman–Crippen MR) is 63.2 cm³/mol. The van der Waals surface area contributed by atoms with Crippen LogP contribution < -0.4 is 10.6 Å². The Hall–Kier alpha value is -1.18. The molecular weight excluding hydrogens is 240 g/mol. The molecule has 1 aliphatic heterocycles. The highest BCUT2D eigenvalue weighted by Crippen LogP contribution is 2.13. The zero-order chi connectivity index (χ0) is 13.4. The summed E-state index contributed by atoms with van der Waals surface area (Å²) < 4.78 is 10.1. The summed E-state index contributed by atoms with van der Waals surface area (Å²) in [5.41, 5.74) is 0. The summed E-state index contributed by atoms with van der Waals surface area (Å²) in [6.07, 6.45) is 0. The standard InChI is InChI=1S/C11H20N2O5/c1-2-12-9-6-18-5-8(9)11(16)13-3-4-17-7-10(14)15/h8-9,12H,2-7H2,1H3,(H,13,16)(H,14,15). The highest BCUT2D eigenvalue weighted by Gasteiger charge is 2.33. The van der Waals surface area contributed by atoms with Crippen LogP contribution in [0.3, 0.4) is 0 Å². The van der Waals surface area contributed by atoms with E-state index in [9.17, 15) is 9.59 Å². The van der Waals surface area contributed by atoms with E-state index in [2.05, 4.69) is 10.6 Å². The Morgan fingerprint density at radius 1 is 1.44 bits per heavy atom. The first-order valence-corrected chi connectivity index (χ1v) is 6.03. The van der Waals surface area contributed by atoms with E-state index < -0.39 is 5.97 Å². The van der Waals surface area contributed by atoms with Crippen LogP contribution in [0.5, 0.6) is 0 Å². The van der Waals surface area contributed by atoms with Gasteiger partial charge in [0.15, 0.2) is 0 Å². The van der Waals surface area contributed by atoms with Gasteiger partial charge in [-0.05, 0) is 6.54 Å². The number of carbonyl (C=O) groups excluding carboxylic acids is 1. The van der Waals surface area contributed by atoms with Gasteiger partial charge in [0, 0.05) is 12.6 Å². The van der Waals surface area contributed by atoms with Crippen molar-refractivity contribution in [3.63, 3.8) is 0 Å². The van der Waals surface area contributed by atoms with Gasteiger partial charge in [0.1, 0.15) is 6.61 Å². The molecule has 1 amide bonds. The second-order valence-electron chi connectivity index (χ2n) is 4.05. The van der Waals surface area contributed by atoms with Gasteiger partial charge in [-0.25, -0.2) is 4.79 Å². The van der Waals surface area contributed by atoms with Gasteiger partial charge in [-0.1, -0.05) is 6.92 Å². The van der Waals surface area contributed by atoms with E-state index >= 15 is 0 Å². The van der Waals surface area contributed by atoms with Gasteiger partial charge in [0.2, 0.25) is 5.91 Å². The quantitative estimate of drug-likeness (QED) is 0.476. The molecule has 1 heterocycles. The second kappa shape index (κ2) is 8.02. The molecule has 2 unspecified atom stereocenters. The van der Waals surface area contributed by atoms with Crippen LogP contribution in [-0.4, -0.2) is 62.5 Å². The van der Waals surface area contributed by atoms with Gasteiger partial charge in [-0.15, -0.1) is 0 Å². The SMILES string of the molecule is CCNC1COCC1C(=O)NCCOCC(=O)O. The fraction of sp³-hybridized carbons (Fsp3) is 0.818. The van der Waals surface area contributed by atoms with Crippen molar-refractivity contribution in [3.8, 4) is 0 Å². The summed E-state index contributed by atoms with van der Waals surface area (Å²) in [5, 5.41) is 14.3. The minimum Gasteiger partial charge on any atom is -0.480 e. The average Bonchev–Trinajstić information content (AvgIpc) is 2.77. The summed E-state index contributed by atoms with van der Waals surface area (Å²) in [4.78, 5) is 22.0. The topological polar surface area (TPSA) is 96.9 Å². The molecular formula is C11H20N2O5. The molecule has 0 bridgehead atoms. The summed E-state index contributed by atoms with van der Waals surface area (Å²) in [7, 11) is 0. The fourth-order valence-electron chi connectivity index (χ4n) is 1.81. The van der Waals surface area contributed by atoms with Crippen LogP contribution in [0.2, 0.25) is 0 Å². The van der Waals surface area contributed by atoms with Gasteiger partial charge >= 0.3 is 5.97 Å². The largest absolute Gasteiger partial charge is 0.480 e. The van der Waals surface area contributed by atoms with Gasteiger partial charge in [0.25, 0.3) is 0 Å². The molecule has 0 spiro atoms. The first-order valence-electron chi connectivity index (χ1n) is 6.03. The predicted octanol–water partition coefficient (Wildman–Crippen LogP) is -1.17. The van der Waals surface area contributed by atoms with Crippen molar-refractivity contribution < 1.29 is 24.2 Å². The van der Waals surface area contributed by atoms with E-state index in [1.54, 1.807) is 0 Å². The first kappa shape index (κ1) is 14.9. The summed E-state index contributed by atoms with van der Waals surface area (Å²) in [5.74, 6) is -1.29. The van der Waals surface area contributed by atoms with Crippen molar-refractivity contribution in [1.29, 1.82) is 0 Å². The third-order valence-corrected chi connectivity index (χ3v) is 2.65. The second-order valence-corrected chi connectivity index (χ2v) is 4.05. The fourth-order valence-corrected chi connectivity index (χ4v) is 1.81. The molecule has 0 aromatic rings. The lowest BCUT2D eigenvalue weighted by Crippen LogP contribution is -2.44. The number of rotatable bonds is 8. The number of hydrogen-bond acceptors (Lipinski definition) is 5. The molecule has 104 valence electrons. The Morgan fingerprint density at radius 2 is 2.22 bits per heavy atom. The molecule has 7 nitrogen and oxygen atoms in total. The highest BCUT2D eigenvalue weighted by atomic mass is 16.5. The van der Waals surface area contributed by atoms with Crippen molar-refractivity contribution in [2.45, 2.75) is 13.0 Å². The van der Waals surface area contributed by atoms with Gasteiger partial charge < -0.3 is 25.2 Å². The Kier molecular flexibility index (Phi) is 6.63. The number of likely N-dealkylation sites (N-methyl/N-ethyl adjacent to an activating group) is 1. The third-order valence-electron chi connectivity index (χ3n) is 2.65. The van der Waals surface area contributed by atoms with E-state index in [0.29, 0.717) is 19.8 Å². The number of aliphatic carboxylic acids is 1. The molecule has 0 aromatic carbocycles. The molecule has 0 aliphatic carbocycles. The summed E-state index contributed by atoms with van der Waals surface area (Å²) in [6.45, 7) is 3.88.